The van der Waals surface area contributed by atoms with E-state index in [0.717, 1.165) is 18.5 Å². The Labute approximate surface area is 189 Å². The van der Waals surface area contributed by atoms with E-state index in [1.54, 1.807) is 24.7 Å². The molecule has 0 radical (unpaired) electrons. The molecule has 0 aromatic carbocycles. The highest BCUT2D eigenvalue weighted by molar-refractivity contribution is 6.16. The summed E-state index contributed by atoms with van der Waals surface area (Å²) in [7, 11) is 0. The zero-order valence-corrected chi connectivity index (χ0v) is 18.3. The second-order valence-electron chi connectivity index (χ2n) is 8.46. The minimum Gasteiger partial charge on any atom is -0.368 e. The molecular formula is C22H23N9O2. The summed E-state index contributed by atoms with van der Waals surface area (Å²) in [4.78, 5) is 38.3. The molecule has 1 fully saturated rings. The van der Waals surface area contributed by atoms with Crippen LogP contribution >= 0.6 is 0 Å². The fourth-order valence-electron chi connectivity index (χ4n) is 3.71. The number of fused-ring (bicyclic) bond motifs is 1. The predicted octanol–water partition coefficient (Wildman–Crippen LogP) is 2.33. The van der Waals surface area contributed by atoms with Gasteiger partial charge in [0.2, 0.25) is 11.9 Å². The molecule has 4 heterocycles. The summed E-state index contributed by atoms with van der Waals surface area (Å²) < 4.78 is 3.39. The molecule has 1 aliphatic rings. The number of carbonyl (C=O) groups excluding carboxylic acids is 2. The molecule has 0 spiro atoms. The van der Waals surface area contributed by atoms with Crippen molar-refractivity contribution in [2.75, 3.05) is 11.1 Å². The van der Waals surface area contributed by atoms with Gasteiger partial charge in [0.05, 0.1) is 23.1 Å². The second kappa shape index (κ2) is 8.08. The van der Waals surface area contributed by atoms with Gasteiger partial charge in [-0.2, -0.15) is 4.98 Å². The number of ketones is 1. The first-order chi connectivity index (χ1) is 15.9. The van der Waals surface area contributed by atoms with Gasteiger partial charge in [-0.05, 0) is 32.8 Å². The highest BCUT2D eigenvalue weighted by Crippen LogP contribution is 2.38. The minimum absolute atomic E-state index is 0.0263. The Balaban J connectivity index is 1.36. The number of amides is 1. The molecule has 11 nitrogen and oxygen atoms in total. The van der Waals surface area contributed by atoms with Crippen molar-refractivity contribution in [3.63, 3.8) is 0 Å². The van der Waals surface area contributed by atoms with E-state index in [1.807, 2.05) is 18.4 Å². The van der Waals surface area contributed by atoms with E-state index in [1.165, 1.54) is 17.1 Å². The maximum atomic E-state index is 13.3. The van der Waals surface area contributed by atoms with Crippen LogP contribution in [0.1, 0.15) is 60.3 Å². The summed E-state index contributed by atoms with van der Waals surface area (Å²) in [5.41, 5.74) is 8.46. The first-order valence-electron chi connectivity index (χ1n) is 10.7. The minimum atomic E-state index is -0.283. The van der Waals surface area contributed by atoms with E-state index in [0.29, 0.717) is 33.8 Å². The third-order valence-electron chi connectivity index (χ3n) is 5.53. The van der Waals surface area contributed by atoms with Crippen molar-refractivity contribution in [2.45, 2.75) is 45.2 Å². The molecule has 0 atom stereocenters. The van der Waals surface area contributed by atoms with Crippen molar-refractivity contribution >= 4 is 34.4 Å². The molecule has 1 amide bonds. The number of nitrogen functional groups attached to an aromatic ring is 1. The van der Waals surface area contributed by atoms with Gasteiger partial charge in [-0.3, -0.25) is 14.6 Å². The summed E-state index contributed by atoms with van der Waals surface area (Å²) >= 11 is 0. The van der Waals surface area contributed by atoms with Crippen LogP contribution in [-0.2, 0) is 11.3 Å². The Morgan fingerprint density at radius 1 is 1.21 bits per heavy atom. The number of hydrogen-bond donors (Lipinski definition) is 2. The fraction of sp³-hybridized carbons (Fsp3) is 0.318. The average molecular weight is 445 g/mol. The molecule has 0 unspecified atom stereocenters. The van der Waals surface area contributed by atoms with Crippen LogP contribution in [0.15, 0.2) is 37.1 Å². The molecule has 0 aliphatic heterocycles. The zero-order chi connectivity index (χ0) is 23.1. The number of nitrogens with zero attached hydrogens (tertiary/aromatic N) is 7. The van der Waals surface area contributed by atoms with Gasteiger partial charge in [0.25, 0.3) is 0 Å². The zero-order valence-electron chi connectivity index (χ0n) is 18.3. The van der Waals surface area contributed by atoms with Gasteiger partial charge >= 0.3 is 0 Å². The number of anilines is 2. The van der Waals surface area contributed by atoms with Gasteiger partial charge in [-0.1, -0.05) is 5.21 Å². The first-order valence-corrected chi connectivity index (χ1v) is 10.7. The van der Waals surface area contributed by atoms with Gasteiger partial charge in [-0.25, -0.2) is 9.67 Å². The lowest BCUT2D eigenvalue weighted by Gasteiger charge is -2.07. The molecule has 4 aromatic rings. The van der Waals surface area contributed by atoms with Crippen molar-refractivity contribution in [1.82, 2.24) is 34.5 Å². The van der Waals surface area contributed by atoms with Crippen LogP contribution in [0.25, 0.3) is 11.0 Å². The van der Waals surface area contributed by atoms with E-state index >= 15 is 0 Å². The van der Waals surface area contributed by atoms with Gasteiger partial charge < -0.3 is 15.6 Å². The summed E-state index contributed by atoms with van der Waals surface area (Å²) in [6, 6.07) is 1.67. The quantitative estimate of drug-likeness (QED) is 0.412. The van der Waals surface area contributed by atoms with Crippen molar-refractivity contribution in [1.29, 1.82) is 0 Å². The smallest absolute Gasteiger partial charge is 0.246 e. The van der Waals surface area contributed by atoms with Crippen LogP contribution in [0.2, 0.25) is 0 Å². The maximum absolute atomic E-state index is 13.3. The van der Waals surface area contributed by atoms with Crippen LogP contribution in [0.3, 0.4) is 0 Å². The van der Waals surface area contributed by atoms with E-state index in [4.69, 9.17) is 5.73 Å². The number of pyridine rings is 1. The number of rotatable bonds is 7. The van der Waals surface area contributed by atoms with Crippen LogP contribution < -0.4 is 11.1 Å². The molecule has 1 saturated carbocycles. The Kier molecular flexibility index (Phi) is 5.08. The summed E-state index contributed by atoms with van der Waals surface area (Å²) in [6.45, 7) is 4.01. The van der Waals surface area contributed by atoms with E-state index in [9.17, 15) is 9.59 Å². The summed E-state index contributed by atoms with van der Waals surface area (Å²) in [5.74, 6) is 0.0809. The highest BCUT2D eigenvalue weighted by Gasteiger charge is 2.26. The topological polar surface area (TPSA) is 146 Å². The molecule has 1 aliphatic carbocycles. The predicted molar refractivity (Wildman–Crippen MR) is 121 cm³/mol. The van der Waals surface area contributed by atoms with Gasteiger partial charge in [0.15, 0.2) is 5.78 Å². The van der Waals surface area contributed by atoms with Crippen molar-refractivity contribution in [3.8, 4) is 0 Å². The monoisotopic (exact) mass is 445 g/mol. The largest absolute Gasteiger partial charge is 0.368 e. The van der Waals surface area contributed by atoms with Gasteiger partial charge in [0, 0.05) is 47.7 Å². The molecule has 0 bridgehead atoms. The lowest BCUT2D eigenvalue weighted by atomic mass is 10.1. The fourth-order valence-corrected chi connectivity index (χ4v) is 3.71. The van der Waals surface area contributed by atoms with Crippen LogP contribution in [0, 0.1) is 0 Å². The molecule has 3 N–H and O–H groups in total. The highest BCUT2D eigenvalue weighted by atomic mass is 16.2. The first kappa shape index (κ1) is 20.7. The normalized spacial score (nSPS) is 13.5. The number of carbonyl (C=O) groups is 2. The molecule has 168 valence electrons. The second-order valence-corrected chi connectivity index (χ2v) is 8.46. The average Bonchev–Trinajstić information content (AvgIpc) is 3.41. The Morgan fingerprint density at radius 3 is 2.79 bits per heavy atom. The third kappa shape index (κ3) is 4.16. The van der Waals surface area contributed by atoms with Crippen molar-refractivity contribution in [3.05, 3.63) is 53.9 Å². The lowest BCUT2D eigenvalue weighted by molar-refractivity contribution is -0.116. The molecule has 11 heteroatoms. The van der Waals surface area contributed by atoms with E-state index in [2.05, 4.69) is 30.6 Å². The van der Waals surface area contributed by atoms with Gasteiger partial charge in [0.1, 0.15) is 12.2 Å². The van der Waals surface area contributed by atoms with Crippen LogP contribution in [0.5, 0.6) is 0 Å². The molecule has 5 rings (SSSR count). The molecule has 4 aromatic heterocycles. The third-order valence-corrected chi connectivity index (χ3v) is 5.53. The SMILES string of the molecule is CC(C)n1cc(C(=O)c2cncc(NC(=O)Cn3cc(C4CC4)nn3)c2)c2cnc(N)nc21. The Morgan fingerprint density at radius 2 is 2.03 bits per heavy atom. The molecule has 33 heavy (non-hydrogen) atoms. The number of nitrogens with one attached hydrogen (secondary N) is 1. The van der Waals surface area contributed by atoms with Crippen LogP contribution in [-0.4, -0.2) is 46.2 Å². The van der Waals surface area contributed by atoms with Gasteiger partial charge in [-0.15, -0.1) is 5.10 Å². The Hall–Kier alpha value is -4.15. The number of aromatic nitrogens is 7. The Bertz CT molecular complexity index is 1370. The summed E-state index contributed by atoms with van der Waals surface area (Å²) in [6.07, 6.45) is 10.3. The number of nitrogens with two attached hydrogens (primary N) is 1. The standard InChI is InChI=1S/C22H23N9O2/c1-12(2)31-9-17(16-8-25-22(23)27-21(16)31)20(33)14-5-15(7-24-6-14)26-19(32)11-30-10-18(28-29-30)13-3-4-13/h5-10,12-13H,3-4,11H2,1-2H3,(H,26,32)(H2,23,25,27). The molecule has 0 saturated heterocycles. The van der Waals surface area contributed by atoms with E-state index in [-0.39, 0.29) is 30.2 Å². The lowest BCUT2D eigenvalue weighted by Crippen LogP contribution is -2.19. The maximum Gasteiger partial charge on any atom is 0.246 e. The van der Waals surface area contributed by atoms with Crippen LogP contribution in [0.4, 0.5) is 11.6 Å². The van der Waals surface area contributed by atoms with Crippen molar-refractivity contribution in [2.24, 2.45) is 0 Å². The van der Waals surface area contributed by atoms with E-state index < -0.39 is 0 Å². The number of hydrogen-bond acceptors (Lipinski definition) is 8. The molecular weight excluding hydrogens is 422 g/mol. The summed E-state index contributed by atoms with van der Waals surface area (Å²) in [5, 5.41) is 11.5. The van der Waals surface area contributed by atoms with Crippen molar-refractivity contribution < 1.29 is 9.59 Å².